The Balaban J connectivity index is 1.66. The summed E-state index contributed by atoms with van der Waals surface area (Å²) in [6, 6.07) is 8.42. The molecule has 2 aromatic rings. The highest BCUT2D eigenvalue weighted by molar-refractivity contribution is 7.98. The van der Waals surface area contributed by atoms with Crippen molar-refractivity contribution < 1.29 is 14.0 Å². The van der Waals surface area contributed by atoms with Crippen molar-refractivity contribution in [2.45, 2.75) is 52.0 Å². The molecule has 0 radical (unpaired) electrons. The Hall–Kier alpha value is -2.35. The molecule has 1 fully saturated rings. The average molecular weight is 489 g/mol. The number of likely N-dealkylation sites (tertiary alicyclic amines) is 1. The van der Waals surface area contributed by atoms with E-state index in [4.69, 9.17) is 0 Å². The van der Waals surface area contributed by atoms with E-state index in [2.05, 4.69) is 24.0 Å². The fourth-order valence-electron chi connectivity index (χ4n) is 4.70. The van der Waals surface area contributed by atoms with Crippen molar-refractivity contribution in [2.24, 2.45) is 11.8 Å². The summed E-state index contributed by atoms with van der Waals surface area (Å²) in [7, 11) is 1.88. The number of H-pyrrole nitrogens is 1. The Bertz CT molecular complexity index is 939. The predicted octanol–water partition coefficient (Wildman–Crippen LogP) is 4.42. The first-order chi connectivity index (χ1) is 16.3. The second-order valence-corrected chi connectivity index (χ2v) is 10.6. The first-order valence-electron chi connectivity index (χ1n) is 12.1. The molecule has 2 heterocycles. The summed E-state index contributed by atoms with van der Waals surface area (Å²) in [4.78, 5) is 29.6. The number of thioether (sulfide) groups is 1. The van der Waals surface area contributed by atoms with Crippen LogP contribution in [0.4, 0.5) is 4.39 Å². The first-order valence-corrected chi connectivity index (χ1v) is 13.5. The zero-order valence-electron chi connectivity index (χ0n) is 20.7. The van der Waals surface area contributed by atoms with Crippen LogP contribution in [0.1, 0.15) is 54.9 Å². The summed E-state index contributed by atoms with van der Waals surface area (Å²) < 4.78 is 13.4. The number of likely N-dealkylation sites (N-methyl/N-ethyl adjacent to an activating group) is 1. The summed E-state index contributed by atoms with van der Waals surface area (Å²) in [6.07, 6.45) is 5.69. The minimum atomic E-state index is -0.258. The van der Waals surface area contributed by atoms with Gasteiger partial charge in [-0.2, -0.15) is 16.9 Å². The number of amides is 2. The molecule has 3 rings (SSSR count). The molecule has 34 heavy (non-hydrogen) atoms. The highest BCUT2D eigenvalue weighted by Crippen LogP contribution is 2.28. The molecule has 1 atom stereocenters. The summed E-state index contributed by atoms with van der Waals surface area (Å²) in [5.41, 5.74) is 2.47. The number of hydrogen-bond acceptors (Lipinski definition) is 4. The van der Waals surface area contributed by atoms with Crippen LogP contribution in [-0.4, -0.2) is 70.0 Å². The van der Waals surface area contributed by atoms with Gasteiger partial charge in [-0.05, 0) is 67.5 Å². The van der Waals surface area contributed by atoms with Crippen molar-refractivity contribution in [1.82, 2.24) is 20.0 Å². The molecule has 1 aliphatic heterocycles. The Labute approximate surface area is 206 Å². The molecular weight excluding hydrogens is 451 g/mol. The van der Waals surface area contributed by atoms with Gasteiger partial charge in [0.1, 0.15) is 11.5 Å². The van der Waals surface area contributed by atoms with E-state index in [1.54, 1.807) is 23.9 Å². The van der Waals surface area contributed by atoms with Gasteiger partial charge in [-0.3, -0.25) is 14.7 Å². The van der Waals surface area contributed by atoms with Crippen LogP contribution in [-0.2, 0) is 17.6 Å². The van der Waals surface area contributed by atoms with Crippen LogP contribution in [0.5, 0.6) is 0 Å². The van der Waals surface area contributed by atoms with Gasteiger partial charge in [0.05, 0.1) is 0 Å². The number of carbonyl (C=O) groups is 2. The van der Waals surface area contributed by atoms with Gasteiger partial charge in [-0.1, -0.05) is 26.0 Å². The molecule has 1 unspecified atom stereocenters. The van der Waals surface area contributed by atoms with Crippen molar-refractivity contribution >= 4 is 23.6 Å². The normalized spacial score (nSPS) is 15.5. The second kappa shape index (κ2) is 12.4. The lowest BCUT2D eigenvalue weighted by atomic mass is 9.84. The minimum absolute atomic E-state index is 0.0140. The molecule has 186 valence electrons. The van der Waals surface area contributed by atoms with Crippen molar-refractivity contribution in [3.05, 3.63) is 53.1 Å². The lowest BCUT2D eigenvalue weighted by Gasteiger charge is -2.40. The highest BCUT2D eigenvalue weighted by atomic mass is 32.2. The van der Waals surface area contributed by atoms with Gasteiger partial charge >= 0.3 is 0 Å². The molecule has 1 aromatic heterocycles. The average Bonchev–Trinajstić information content (AvgIpc) is 3.29. The van der Waals surface area contributed by atoms with Crippen LogP contribution in [0.2, 0.25) is 0 Å². The van der Waals surface area contributed by atoms with Crippen LogP contribution in [0, 0.1) is 17.7 Å². The maximum Gasteiger partial charge on any atom is 0.274 e. The lowest BCUT2D eigenvalue weighted by Crippen LogP contribution is -2.48. The van der Waals surface area contributed by atoms with E-state index >= 15 is 0 Å². The van der Waals surface area contributed by atoms with Crippen LogP contribution in [0.3, 0.4) is 0 Å². The molecule has 0 saturated carbocycles. The third-order valence-electron chi connectivity index (χ3n) is 6.62. The number of nitrogens with zero attached hydrogens (tertiary/aromatic N) is 3. The van der Waals surface area contributed by atoms with E-state index in [0.29, 0.717) is 37.5 Å². The molecule has 0 spiro atoms. The Morgan fingerprint density at radius 2 is 1.88 bits per heavy atom. The van der Waals surface area contributed by atoms with Crippen molar-refractivity contribution in [1.29, 1.82) is 0 Å². The van der Waals surface area contributed by atoms with Crippen molar-refractivity contribution in [3.8, 4) is 0 Å². The van der Waals surface area contributed by atoms with Gasteiger partial charge in [-0.25, -0.2) is 4.39 Å². The molecule has 6 nitrogen and oxygen atoms in total. The third-order valence-corrected chi connectivity index (χ3v) is 7.23. The SMILES string of the molecule is CSCCC(=O)N(C)C(Cc1ccc(F)cc1)C1CCN(C(=O)c2cc(CC(C)C)[nH]n2)CC1. The molecule has 1 aliphatic rings. The molecular formula is C26H37FN4O2S. The van der Waals surface area contributed by atoms with Gasteiger partial charge < -0.3 is 9.80 Å². The van der Waals surface area contributed by atoms with Crippen molar-refractivity contribution in [2.75, 3.05) is 32.1 Å². The maximum absolute atomic E-state index is 13.4. The minimum Gasteiger partial charge on any atom is -0.342 e. The van der Waals surface area contributed by atoms with E-state index in [9.17, 15) is 14.0 Å². The molecule has 2 amide bonds. The van der Waals surface area contributed by atoms with Gasteiger partial charge in [0, 0.05) is 44.0 Å². The number of carbonyl (C=O) groups excluding carboxylic acids is 2. The predicted molar refractivity (Wildman–Crippen MR) is 135 cm³/mol. The standard InChI is InChI=1S/C26H37FN4O2S/c1-18(2)15-22-17-23(29-28-22)26(33)31-12-9-20(10-13-31)24(30(3)25(32)11-14-34-4)16-19-5-7-21(27)8-6-19/h5-8,17-18,20,24H,9-16H2,1-4H3,(H,28,29). The van der Waals surface area contributed by atoms with Crippen LogP contribution < -0.4 is 0 Å². The quantitative estimate of drug-likeness (QED) is 0.537. The van der Waals surface area contributed by atoms with Crippen molar-refractivity contribution in [3.63, 3.8) is 0 Å². The molecule has 1 saturated heterocycles. The fraction of sp³-hybridized carbons (Fsp3) is 0.577. The highest BCUT2D eigenvalue weighted by Gasteiger charge is 2.33. The van der Waals surface area contributed by atoms with Gasteiger partial charge in [0.25, 0.3) is 5.91 Å². The number of piperidine rings is 1. The van der Waals surface area contributed by atoms with E-state index < -0.39 is 0 Å². The number of aromatic amines is 1. The molecule has 1 aromatic carbocycles. The van der Waals surface area contributed by atoms with Crippen LogP contribution in [0.25, 0.3) is 0 Å². The Kier molecular flexibility index (Phi) is 9.56. The van der Waals surface area contributed by atoms with E-state index in [1.165, 1.54) is 12.1 Å². The first kappa shape index (κ1) is 26.3. The van der Waals surface area contributed by atoms with E-state index in [-0.39, 0.29) is 29.6 Å². The summed E-state index contributed by atoms with van der Waals surface area (Å²) in [5, 5.41) is 7.23. The Morgan fingerprint density at radius 3 is 2.50 bits per heavy atom. The lowest BCUT2D eigenvalue weighted by molar-refractivity contribution is -0.133. The van der Waals surface area contributed by atoms with Gasteiger partial charge in [0.15, 0.2) is 0 Å². The smallest absolute Gasteiger partial charge is 0.274 e. The molecule has 8 heteroatoms. The van der Waals surface area contributed by atoms with Crippen LogP contribution >= 0.6 is 11.8 Å². The molecule has 0 bridgehead atoms. The van der Waals surface area contributed by atoms with Gasteiger partial charge in [-0.15, -0.1) is 0 Å². The monoisotopic (exact) mass is 488 g/mol. The number of halogens is 1. The maximum atomic E-state index is 13.4. The largest absolute Gasteiger partial charge is 0.342 e. The zero-order valence-corrected chi connectivity index (χ0v) is 21.5. The fourth-order valence-corrected chi connectivity index (χ4v) is 5.08. The van der Waals surface area contributed by atoms with E-state index in [1.807, 2.05) is 29.2 Å². The zero-order chi connectivity index (χ0) is 24.7. The number of aromatic nitrogens is 2. The number of nitrogens with one attached hydrogen (secondary N) is 1. The number of rotatable bonds is 10. The third kappa shape index (κ3) is 7.08. The van der Waals surface area contributed by atoms with E-state index in [0.717, 1.165) is 36.3 Å². The summed E-state index contributed by atoms with van der Waals surface area (Å²) in [6.45, 7) is 5.56. The summed E-state index contributed by atoms with van der Waals surface area (Å²) >= 11 is 1.66. The van der Waals surface area contributed by atoms with Crippen LogP contribution in [0.15, 0.2) is 30.3 Å². The Morgan fingerprint density at radius 1 is 1.21 bits per heavy atom. The number of benzene rings is 1. The number of hydrogen-bond donors (Lipinski definition) is 1. The molecule has 1 N–H and O–H groups in total. The molecule has 0 aliphatic carbocycles. The second-order valence-electron chi connectivity index (χ2n) is 9.65. The van der Waals surface area contributed by atoms with Gasteiger partial charge in [0.2, 0.25) is 5.91 Å². The topological polar surface area (TPSA) is 69.3 Å². The summed E-state index contributed by atoms with van der Waals surface area (Å²) in [5.74, 6) is 1.40.